The van der Waals surface area contributed by atoms with Gasteiger partial charge in [-0.25, -0.2) is 0 Å². The van der Waals surface area contributed by atoms with E-state index in [9.17, 15) is 4.79 Å². The minimum Gasteiger partial charge on any atom is -0.354 e. The maximum absolute atomic E-state index is 11.8. The number of halogens is 1. The standard InChI is InChI=1S/C15H32N4O.ClH/c1-5-18-6-8-19(9-7-18)11-13(4)10-17-15(20)14(16)12(2)3;/h12-14H,5-11,16H2,1-4H3,(H,17,20);1H/t13?,14-;/m0./s1. The summed E-state index contributed by atoms with van der Waals surface area (Å²) in [5.74, 6) is 0.626. The summed E-state index contributed by atoms with van der Waals surface area (Å²) in [5.41, 5.74) is 5.83. The summed E-state index contributed by atoms with van der Waals surface area (Å²) in [6.07, 6.45) is 0. The van der Waals surface area contributed by atoms with Crippen molar-refractivity contribution in [1.82, 2.24) is 15.1 Å². The number of carbonyl (C=O) groups excluding carboxylic acids is 1. The van der Waals surface area contributed by atoms with Gasteiger partial charge in [0.1, 0.15) is 0 Å². The zero-order valence-electron chi connectivity index (χ0n) is 14.0. The van der Waals surface area contributed by atoms with E-state index in [0.29, 0.717) is 12.5 Å². The molecule has 1 fully saturated rings. The maximum Gasteiger partial charge on any atom is 0.237 e. The zero-order valence-corrected chi connectivity index (χ0v) is 14.8. The Bertz CT molecular complexity index is 293. The van der Waals surface area contributed by atoms with Crippen LogP contribution in [0.25, 0.3) is 0 Å². The highest BCUT2D eigenvalue weighted by atomic mass is 35.5. The zero-order chi connectivity index (χ0) is 15.1. The Balaban J connectivity index is 0.00000400. The number of rotatable bonds is 7. The first-order valence-corrected chi connectivity index (χ1v) is 7.92. The molecule has 0 aromatic rings. The third-order valence-corrected chi connectivity index (χ3v) is 4.13. The van der Waals surface area contributed by atoms with Crippen molar-refractivity contribution in [2.24, 2.45) is 17.6 Å². The summed E-state index contributed by atoms with van der Waals surface area (Å²) in [4.78, 5) is 16.8. The average Bonchev–Trinajstić information content (AvgIpc) is 2.44. The predicted molar refractivity (Wildman–Crippen MR) is 90.8 cm³/mol. The number of hydrogen-bond acceptors (Lipinski definition) is 4. The number of nitrogens with two attached hydrogens (primary N) is 1. The van der Waals surface area contributed by atoms with E-state index in [1.165, 1.54) is 0 Å². The molecule has 6 heteroatoms. The quantitative estimate of drug-likeness (QED) is 0.728. The van der Waals surface area contributed by atoms with Crippen LogP contribution in [-0.4, -0.2) is 67.6 Å². The molecule has 1 heterocycles. The molecule has 0 spiro atoms. The topological polar surface area (TPSA) is 61.6 Å². The molecule has 1 saturated heterocycles. The van der Waals surface area contributed by atoms with Crippen LogP contribution in [0.2, 0.25) is 0 Å². The van der Waals surface area contributed by atoms with Gasteiger partial charge in [-0.15, -0.1) is 12.4 Å². The first-order valence-electron chi connectivity index (χ1n) is 7.92. The molecular formula is C15H33ClN4O. The molecule has 2 atom stereocenters. The predicted octanol–water partition coefficient (Wildman–Crippen LogP) is 0.781. The molecule has 0 bridgehead atoms. The molecule has 3 N–H and O–H groups in total. The number of amides is 1. The molecule has 21 heavy (non-hydrogen) atoms. The average molecular weight is 321 g/mol. The number of piperazine rings is 1. The van der Waals surface area contributed by atoms with Gasteiger partial charge in [0, 0.05) is 39.3 Å². The highest BCUT2D eigenvalue weighted by Crippen LogP contribution is 2.05. The van der Waals surface area contributed by atoms with Crippen LogP contribution in [0.3, 0.4) is 0 Å². The minimum atomic E-state index is -0.393. The highest BCUT2D eigenvalue weighted by molar-refractivity contribution is 5.85. The van der Waals surface area contributed by atoms with Crippen molar-refractivity contribution in [3.8, 4) is 0 Å². The van der Waals surface area contributed by atoms with Crippen molar-refractivity contribution in [2.45, 2.75) is 33.7 Å². The van der Waals surface area contributed by atoms with Gasteiger partial charge in [-0.3, -0.25) is 4.79 Å². The second-order valence-electron chi connectivity index (χ2n) is 6.35. The van der Waals surface area contributed by atoms with Crippen molar-refractivity contribution in [2.75, 3.05) is 45.8 Å². The van der Waals surface area contributed by atoms with Crippen LogP contribution in [0, 0.1) is 11.8 Å². The molecule has 126 valence electrons. The number of nitrogens with zero attached hydrogens (tertiary/aromatic N) is 2. The molecule has 1 amide bonds. The SMILES string of the molecule is CCN1CCN(CC(C)CNC(=O)[C@@H](N)C(C)C)CC1.Cl. The van der Waals surface area contributed by atoms with Crippen molar-refractivity contribution in [3.05, 3.63) is 0 Å². The first-order chi connectivity index (χ1) is 9.43. The minimum absolute atomic E-state index is 0. The third-order valence-electron chi connectivity index (χ3n) is 4.13. The second-order valence-corrected chi connectivity index (χ2v) is 6.35. The van der Waals surface area contributed by atoms with Crippen LogP contribution in [-0.2, 0) is 4.79 Å². The van der Waals surface area contributed by atoms with E-state index >= 15 is 0 Å². The molecular weight excluding hydrogens is 288 g/mol. The van der Waals surface area contributed by atoms with Gasteiger partial charge < -0.3 is 20.9 Å². The fraction of sp³-hybridized carbons (Fsp3) is 0.933. The molecule has 1 rings (SSSR count). The van der Waals surface area contributed by atoms with Crippen LogP contribution in [0.15, 0.2) is 0 Å². The Morgan fingerprint density at radius 3 is 2.14 bits per heavy atom. The number of hydrogen-bond donors (Lipinski definition) is 2. The van der Waals surface area contributed by atoms with Gasteiger partial charge in [0.25, 0.3) is 0 Å². The van der Waals surface area contributed by atoms with Gasteiger partial charge in [-0.05, 0) is 18.4 Å². The Morgan fingerprint density at radius 1 is 1.14 bits per heavy atom. The number of likely N-dealkylation sites (N-methyl/N-ethyl adjacent to an activating group) is 1. The van der Waals surface area contributed by atoms with E-state index < -0.39 is 6.04 Å². The number of nitrogens with one attached hydrogen (secondary N) is 1. The molecule has 0 saturated carbocycles. The molecule has 1 aliphatic heterocycles. The highest BCUT2D eigenvalue weighted by Gasteiger charge is 2.20. The Morgan fingerprint density at radius 2 is 1.67 bits per heavy atom. The van der Waals surface area contributed by atoms with E-state index in [4.69, 9.17) is 5.73 Å². The monoisotopic (exact) mass is 320 g/mol. The van der Waals surface area contributed by atoms with Crippen molar-refractivity contribution < 1.29 is 4.79 Å². The van der Waals surface area contributed by atoms with Crippen LogP contribution in [0.5, 0.6) is 0 Å². The molecule has 0 aromatic heterocycles. The molecule has 1 aliphatic rings. The van der Waals surface area contributed by atoms with Crippen LogP contribution < -0.4 is 11.1 Å². The van der Waals surface area contributed by atoms with Crippen molar-refractivity contribution in [1.29, 1.82) is 0 Å². The largest absolute Gasteiger partial charge is 0.354 e. The van der Waals surface area contributed by atoms with Crippen molar-refractivity contribution in [3.63, 3.8) is 0 Å². The van der Waals surface area contributed by atoms with Gasteiger partial charge >= 0.3 is 0 Å². The smallest absolute Gasteiger partial charge is 0.237 e. The van der Waals surface area contributed by atoms with Crippen LogP contribution in [0.4, 0.5) is 0 Å². The third kappa shape index (κ3) is 7.45. The van der Waals surface area contributed by atoms with E-state index in [0.717, 1.165) is 39.3 Å². The molecule has 5 nitrogen and oxygen atoms in total. The van der Waals surface area contributed by atoms with Gasteiger partial charge in [0.15, 0.2) is 0 Å². The fourth-order valence-electron chi connectivity index (χ4n) is 2.49. The first kappa shape index (κ1) is 20.6. The van der Waals surface area contributed by atoms with Crippen LogP contribution >= 0.6 is 12.4 Å². The van der Waals surface area contributed by atoms with Crippen LogP contribution in [0.1, 0.15) is 27.7 Å². The van der Waals surface area contributed by atoms with Gasteiger partial charge in [0.05, 0.1) is 6.04 Å². The lowest BCUT2D eigenvalue weighted by Gasteiger charge is -2.35. The van der Waals surface area contributed by atoms with E-state index in [2.05, 4.69) is 29.0 Å². The van der Waals surface area contributed by atoms with Gasteiger partial charge in [0.2, 0.25) is 5.91 Å². The molecule has 0 aliphatic carbocycles. The molecule has 0 radical (unpaired) electrons. The Hall–Kier alpha value is -0.360. The van der Waals surface area contributed by atoms with Gasteiger partial charge in [-0.1, -0.05) is 27.7 Å². The van der Waals surface area contributed by atoms with Crippen molar-refractivity contribution >= 4 is 18.3 Å². The number of carbonyl (C=O) groups is 1. The Kier molecular flexibility index (Phi) is 10.2. The molecule has 0 aromatic carbocycles. The summed E-state index contributed by atoms with van der Waals surface area (Å²) >= 11 is 0. The summed E-state index contributed by atoms with van der Waals surface area (Å²) in [7, 11) is 0. The normalized spacial score (nSPS) is 19.9. The van der Waals surface area contributed by atoms with E-state index in [-0.39, 0.29) is 24.2 Å². The van der Waals surface area contributed by atoms with Gasteiger partial charge in [-0.2, -0.15) is 0 Å². The lowest BCUT2D eigenvalue weighted by atomic mass is 10.0. The summed E-state index contributed by atoms with van der Waals surface area (Å²) in [5, 5.41) is 2.97. The summed E-state index contributed by atoms with van der Waals surface area (Å²) in [6.45, 7) is 15.9. The maximum atomic E-state index is 11.8. The second kappa shape index (κ2) is 10.4. The van der Waals surface area contributed by atoms with E-state index in [1.807, 2.05) is 13.8 Å². The van der Waals surface area contributed by atoms with E-state index in [1.54, 1.807) is 0 Å². The molecule has 1 unspecified atom stereocenters. The summed E-state index contributed by atoms with van der Waals surface area (Å²) < 4.78 is 0. The fourth-order valence-corrected chi connectivity index (χ4v) is 2.49. The summed E-state index contributed by atoms with van der Waals surface area (Å²) in [6, 6.07) is -0.393. The lowest BCUT2D eigenvalue weighted by molar-refractivity contribution is -0.123. The lowest BCUT2D eigenvalue weighted by Crippen LogP contribution is -2.49. The Labute approximate surface area is 136 Å².